The Bertz CT molecular complexity index is 563. The fourth-order valence-corrected chi connectivity index (χ4v) is 3.44. The highest BCUT2D eigenvalue weighted by atomic mass is 32.1. The van der Waals surface area contributed by atoms with Crippen LogP contribution in [0.15, 0.2) is 12.1 Å². The molecule has 0 aromatic carbocycles. The highest BCUT2D eigenvalue weighted by Crippen LogP contribution is 2.12. The summed E-state index contributed by atoms with van der Waals surface area (Å²) in [5, 5.41) is 0. The lowest BCUT2D eigenvalue weighted by Crippen LogP contribution is -2.23. The molecule has 1 aromatic heterocycles. The van der Waals surface area contributed by atoms with Gasteiger partial charge in [-0.1, -0.05) is 57.7 Å². The number of pyridine rings is 1. The maximum Gasteiger partial charge on any atom is 0.0867 e. The molecule has 2 heterocycles. The molecule has 0 spiro atoms. The smallest absolute Gasteiger partial charge is 0.0867 e. The molecule has 27 heavy (non-hydrogen) atoms. The first kappa shape index (κ1) is 22.5. The zero-order valence-corrected chi connectivity index (χ0v) is 17.5. The Kier molecular flexibility index (Phi) is 11.9. The average Bonchev–Trinajstić information content (AvgIpc) is 2.65. The Morgan fingerprint density at radius 2 is 1.52 bits per heavy atom. The first-order chi connectivity index (χ1) is 13.3. The fraction of sp³-hybridized carbons (Fsp3) is 0.762. The van der Waals surface area contributed by atoms with Gasteiger partial charge in [0.15, 0.2) is 0 Å². The molecule has 1 N–H and O–H groups in total. The van der Waals surface area contributed by atoms with E-state index in [4.69, 9.17) is 31.2 Å². The van der Waals surface area contributed by atoms with Crippen molar-refractivity contribution >= 4 is 12.2 Å². The number of H-pyrrole nitrogens is 1. The van der Waals surface area contributed by atoms with E-state index in [0.29, 0.717) is 46.2 Å². The molecule has 1 aliphatic rings. The van der Waals surface area contributed by atoms with Crippen LogP contribution in [0, 0.1) is 4.51 Å². The van der Waals surface area contributed by atoms with Gasteiger partial charge < -0.3 is 23.9 Å². The van der Waals surface area contributed by atoms with Crippen molar-refractivity contribution in [1.29, 1.82) is 0 Å². The van der Waals surface area contributed by atoms with Gasteiger partial charge in [0.2, 0.25) is 0 Å². The van der Waals surface area contributed by atoms with Crippen LogP contribution in [0.2, 0.25) is 0 Å². The molecule has 5 nitrogen and oxygen atoms in total. The van der Waals surface area contributed by atoms with Crippen molar-refractivity contribution in [3.05, 3.63) is 28.0 Å². The maximum absolute atomic E-state index is 6.00. The molecule has 0 amide bonds. The standard InChI is InChI=1S/C21H35NO4S/c1-2-3-4-5-6-7-8-20-17-25-10-9-23-15-18-13-21(27)14-19(22-18)16-24-11-12-26-20/h13-14,20H,2-12,15-17H2,1H3,(H,22,27). The van der Waals surface area contributed by atoms with Crippen LogP contribution < -0.4 is 0 Å². The van der Waals surface area contributed by atoms with Crippen molar-refractivity contribution in [2.45, 2.75) is 71.2 Å². The molecule has 2 rings (SSSR count). The Labute approximate surface area is 168 Å². The van der Waals surface area contributed by atoms with Crippen LogP contribution in [0.4, 0.5) is 0 Å². The minimum atomic E-state index is 0.136. The van der Waals surface area contributed by atoms with Gasteiger partial charge in [0.05, 0.1) is 52.4 Å². The Balaban J connectivity index is 1.76. The van der Waals surface area contributed by atoms with Crippen LogP contribution in [0.5, 0.6) is 0 Å². The van der Waals surface area contributed by atoms with Gasteiger partial charge >= 0.3 is 0 Å². The SMILES string of the molecule is CCCCCCCCC1COCCOCc2cc(=S)cc([nH]2)COCCO1. The molecule has 1 aliphatic heterocycles. The van der Waals surface area contributed by atoms with Gasteiger partial charge in [-0.3, -0.25) is 0 Å². The van der Waals surface area contributed by atoms with E-state index >= 15 is 0 Å². The number of unbranched alkanes of at least 4 members (excludes halogenated alkanes) is 5. The molecule has 1 unspecified atom stereocenters. The maximum atomic E-state index is 6.00. The molecule has 0 radical (unpaired) electrons. The lowest BCUT2D eigenvalue weighted by molar-refractivity contribution is -0.0529. The summed E-state index contributed by atoms with van der Waals surface area (Å²) in [4.78, 5) is 3.31. The van der Waals surface area contributed by atoms with Crippen LogP contribution >= 0.6 is 12.2 Å². The molecular weight excluding hydrogens is 362 g/mol. The van der Waals surface area contributed by atoms with Gasteiger partial charge in [-0.15, -0.1) is 0 Å². The zero-order valence-electron chi connectivity index (χ0n) is 16.7. The number of nitrogens with one attached hydrogen (secondary N) is 1. The van der Waals surface area contributed by atoms with Gasteiger partial charge in [-0.25, -0.2) is 0 Å². The summed E-state index contributed by atoms with van der Waals surface area (Å²) in [5.74, 6) is 0. The van der Waals surface area contributed by atoms with E-state index in [9.17, 15) is 0 Å². The third-order valence-electron chi connectivity index (χ3n) is 4.61. The second-order valence-corrected chi connectivity index (χ2v) is 7.57. The van der Waals surface area contributed by atoms with Crippen LogP contribution in [0.3, 0.4) is 0 Å². The predicted molar refractivity (Wildman–Crippen MR) is 109 cm³/mol. The number of aromatic nitrogens is 1. The molecule has 0 aliphatic carbocycles. The largest absolute Gasteiger partial charge is 0.376 e. The third kappa shape index (κ3) is 10.4. The fourth-order valence-electron chi connectivity index (χ4n) is 3.16. The number of hydrogen-bond acceptors (Lipinski definition) is 5. The predicted octanol–water partition coefficient (Wildman–Crippen LogP) is 4.94. The van der Waals surface area contributed by atoms with Gasteiger partial charge in [-0.2, -0.15) is 0 Å². The number of fused-ring (bicyclic) bond motifs is 2. The third-order valence-corrected chi connectivity index (χ3v) is 4.84. The zero-order chi connectivity index (χ0) is 19.2. The second-order valence-electron chi connectivity index (χ2n) is 7.10. The van der Waals surface area contributed by atoms with E-state index in [1.807, 2.05) is 12.1 Å². The monoisotopic (exact) mass is 397 g/mol. The first-order valence-electron chi connectivity index (χ1n) is 10.3. The summed E-state index contributed by atoms with van der Waals surface area (Å²) < 4.78 is 24.0. The van der Waals surface area contributed by atoms with E-state index in [1.165, 1.54) is 38.5 Å². The van der Waals surface area contributed by atoms with Gasteiger partial charge in [-0.05, 0) is 18.6 Å². The van der Waals surface area contributed by atoms with Crippen molar-refractivity contribution in [2.24, 2.45) is 0 Å². The lowest BCUT2D eigenvalue weighted by atomic mass is 10.1. The average molecular weight is 398 g/mol. The minimum Gasteiger partial charge on any atom is -0.376 e. The number of rotatable bonds is 7. The van der Waals surface area contributed by atoms with Crippen LogP contribution in [-0.4, -0.2) is 44.1 Å². The summed E-state index contributed by atoms with van der Waals surface area (Å²) in [5.41, 5.74) is 1.93. The Morgan fingerprint density at radius 3 is 2.26 bits per heavy atom. The van der Waals surface area contributed by atoms with Crippen LogP contribution in [-0.2, 0) is 32.2 Å². The van der Waals surface area contributed by atoms with Crippen molar-refractivity contribution in [2.75, 3.05) is 33.0 Å². The van der Waals surface area contributed by atoms with Crippen molar-refractivity contribution in [1.82, 2.24) is 4.98 Å². The Morgan fingerprint density at radius 1 is 0.889 bits per heavy atom. The summed E-state index contributed by atoms with van der Waals surface area (Å²) in [6, 6.07) is 3.86. The summed E-state index contributed by atoms with van der Waals surface area (Å²) in [7, 11) is 0. The van der Waals surface area contributed by atoms with Crippen LogP contribution in [0.25, 0.3) is 0 Å². The molecule has 154 valence electrons. The Hall–Kier alpha value is -0.790. The molecule has 0 fully saturated rings. The second kappa shape index (κ2) is 14.2. The molecular formula is C21H35NO4S. The summed E-state index contributed by atoms with van der Waals surface area (Å²) in [6.45, 7) is 6.15. The quantitative estimate of drug-likeness (QED) is 0.521. The van der Waals surface area contributed by atoms with E-state index in [0.717, 1.165) is 22.3 Å². The summed E-state index contributed by atoms with van der Waals surface area (Å²) in [6.07, 6.45) is 8.93. The molecule has 2 bridgehead atoms. The van der Waals surface area contributed by atoms with Crippen molar-refractivity contribution < 1.29 is 18.9 Å². The molecule has 1 atom stereocenters. The summed E-state index contributed by atoms with van der Waals surface area (Å²) >= 11 is 5.31. The van der Waals surface area contributed by atoms with Gasteiger partial charge in [0.25, 0.3) is 0 Å². The topological polar surface area (TPSA) is 52.7 Å². The minimum absolute atomic E-state index is 0.136. The molecule has 0 saturated carbocycles. The van der Waals surface area contributed by atoms with E-state index < -0.39 is 0 Å². The van der Waals surface area contributed by atoms with E-state index in [2.05, 4.69) is 11.9 Å². The normalized spacial score (nSPS) is 20.0. The molecule has 0 saturated heterocycles. The highest BCUT2D eigenvalue weighted by molar-refractivity contribution is 7.71. The van der Waals surface area contributed by atoms with E-state index in [1.54, 1.807) is 0 Å². The van der Waals surface area contributed by atoms with Gasteiger partial charge in [0.1, 0.15) is 0 Å². The van der Waals surface area contributed by atoms with E-state index in [-0.39, 0.29) is 6.10 Å². The molecule has 6 heteroatoms. The van der Waals surface area contributed by atoms with Crippen LogP contribution in [0.1, 0.15) is 63.3 Å². The first-order valence-corrected chi connectivity index (χ1v) is 10.8. The van der Waals surface area contributed by atoms with Crippen molar-refractivity contribution in [3.63, 3.8) is 0 Å². The highest BCUT2D eigenvalue weighted by Gasteiger charge is 2.10. The lowest BCUT2D eigenvalue weighted by Gasteiger charge is -2.18. The van der Waals surface area contributed by atoms with Gasteiger partial charge in [0, 0.05) is 15.9 Å². The van der Waals surface area contributed by atoms with Crippen molar-refractivity contribution in [3.8, 4) is 0 Å². The number of ether oxygens (including phenoxy) is 4. The number of aromatic amines is 1. The number of hydrogen-bond donors (Lipinski definition) is 1. The molecule has 1 aromatic rings.